The molecule has 1 aliphatic heterocycles. The van der Waals surface area contributed by atoms with Gasteiger partial charge in [-0.05, 0) is 64.8 Å². The van der Waals surface area contributed by atoms with Crippen LogP contribution in [0.5, 0.6) is 11.5 Å². The molecule has 1 aromatic heterocycles. The number of hydrogen-bond donors (Lipinski definition) is 1. The number of ether oxygens (including phenoxy) is 3. The number of esters is 1. The molecule has 9 nitrogen and oxygen atoms in total. The first-order valence-corrected chi connectivity index (χ1v) is 15.4. The lowest BCUT2D eigenvalue weighted by Crippen LogP contribution is -2.40. The number of benzene rings is 3. The fourth-order valence-corrected chi connectivity index (χ4v) is 6.56. The van der Waals surface area contributed by atoms with Gasteiger partial charge < -0.3 is 19.3 Å². The quantitative estimate of drug-likeness (QED) is 0.243. The Hall–Kier alpha value is -4.00. The Morgan fingerprint density at radius 2 is 1.81 bits per heavy atom. The lowest BCUT2D eigenvalue weighted by Gasteiger charge is -2.27. The monoisotopic (exact) mass is 726 g/mol. The number of aromatic nitrogens is 1. The topological polar surface area (TPSA) is 116 Å². The van der Waals surface area contributed by atoms with E-state index in [0.717, 1.165) is 4.47 Å². The van der Waals surface area contributed by atoms with Crippen LogP contribution in [0, 0.1) is 0 Å². The molecular formula is C31H24Br2N2O7S. The van der Waals surface area contributed by atoms with Crippen LogP contribution >= 0.6 is 43.2 Å². The van der Waals surface area contributed by atoms with E-state index in [1.165, 1.54) is 23.0 Å². The summed E-state index contributed by atoms with van der Waals surface area (Å²) in [6.45, 7) is 1.38. The molecular weight excluding hydrogens is 704 g/mol. The fraction of sp³-hybridized carbons (Fsp3) is 0.161. The Balaban J connectivity index is 1.77. The average Bonchev–Trinajstić information content (AvgIpc) is 3.30. The SMILES string of the molecule is CCOC(=O)C1=C(c2ccccc2)N=c2s/c(=C\c3ccc(OCC(=O)O)c(Br)c3)c(=O)n2[C@@H]1c1cc(Br)ccc1OC. The zero-order chi connectivity index (χ0) is 30.7. The van der Waals surface area contributed by atoms with Gasteiger partial charge in [0.2, 0.25) is 0 Å². The van der Waals surface area contributed by atoms with Gasteiger partial charge in [0.1, 0.15) is 17.5 Å². The predicted molar refractivity (Wildman–Crippen MR) is 169 cm³/mol. The molecule has 1 atom stereocenters. The lowest BCUT2D eigenvalue weighted by atomic mass is 9.92. The normalized spacial score (nSPS) is 14.6. The number of halogens is 2. The summed E-state index contributed by atoms with van der Waals surface area (Å²) in [5, 5.41) is 8.92. The molecule has 0 fully saturated rings. The molecule has 0 radical (unpaired) electrons. The standard InChI is InChI=1S/C31H24Br2N2O7S/c1-3-41-30(39)26-27(18-7-5-4-6-8-18)34-31-35(28(26)20-15-19(32)10-12-22(20)40-2)29(38)24(43-31)14-17-9-11-23(21(33)13-17)42-16-25(36)37/h4-15,28H,3,16H2,1-2H3,(H,36,37)/b24-14-/t28-/m1/s1. The van der Waals surface area contributed by atoms with E-state index in [0.29, 0.717) is 47.7 Å². The molecule has 0 bridgehead atoms. The van der Waals surface area contributed by atoms with Gasteiger partial charge in [0, 0.05) is 15.6 Å². The molecule has 1 N–H and O–H groups in total. The van der Waals surface area contributed by atoms with Gasteiger partial charge in [-0.15, -0.1) is 0 Å². The summed E-state index contributed by atoms with van der Waals surface area (Å²) in [6, 6.07) is 18.9. The van der Waals surface area contributed by atoms with Gasteiger partial charge in [0.05, 0.1) is 34.0 Å². The van der Waals surface area contributed by atoms with E-state index in [2.05, 4.69) is 31.9 Å². The second-order valence-corrected chi connectivity index (χ2v) is 12.0. The van der Waals surface area contributed by atoms with Crippen LogP contribution < -0.4 is 24.4 Å². The van der Waals surface area contributed by atoms with Crippen LogP contribution in [0.1, 0.15) is 29.7 Å². The molecule has 1 aliphatic rings. The number of hydrogen-bond acceptors (Lipinski definition) is 8. The Morgan fingerprint density at radius 1 is 1.07 bits per heavy atom. The largest absolute Gasteiger partial charge is 0.496 e. The maximum absolute atomic E-state index is 14.1. The van der Waals surface area contributed by atoms with Gasteiger partial charge in [0.25, 0.3) is 5.56 Å². The van der Waals surface area contributed by atoms with E-state index in [1.807, 2.05) is 42.5 Å². The van der Waals surface area contributed by atoms with Crippen molar-refractivity contribution in [3.63, 3.8) is 0 Å². The van der Waals surface area contributed by atoms with Crippen LogP contribution in [0.4, 0.5) is 0 Å². The Labute approximate surface area is 266 Å². The van der Waals surface area contributed by atoms with Crippen molar-refractivity contribution in [1.29, 1.82) is 0 Å². The van der Waals surface area contributed by atoms with E-state index >= 15 is 0 Å². The van der Waals surface area contributed by atoms with Gasteiger partial charge in [-0.2, -0.15) is 0 Å². The third kappa shape index (κ3) is 6.36. The number of rotatable bonds is 9. The zero-order valence-corrected chi connectivity index (χ0v) is 26.9. The summed E-state index contributed by atoms with van der Waals surface area (Å²) in [6.07, 6.45) is 1.71. The number of carbonyl (C=O) groups excluding carboxylic acids is 1. The highest BCUT2D eigenvalue weighted by atomic mass is 79.9. The fourth-order valence-electron chi connectivity index (χ4n) is 4.67. The van der Waals surface area contributed by atoms with Crippen molar-refractivity contribution in [2.45, 2.75) is 13.0 Å². The number of carboxylic acids is 1. The van der Waals surface area contributed by atoms with E-state index < -0.39 is 24.6 Å². The van der Waals surface area contributed by atoms with Crippen molar-refractivity contribution in [3.05, 3.63) is 118 Å². The highest BCUT2D eigenvalue weighted by molar-refractivity contribution is 9.10. The molecule has 0 spiro atoms. The number of thiazole rings is 1. The highest BCUT2D eigenvalue weighted by Gasteiger charge is 2.36. The lowest BCUT2D eigenvalue weighted by molar-refractivity contribution is -0.140. The van der Waals surface area contributed by atoms with Crippen LogP contribution in [0.15, 0.2) is 91.0 Å². The third-order valence-electron chi connectivity index (χ3n) is 6.46. The molecule has 0 aliphatic carbocycles. The second kappa shape index (κ2) is 13.1. The Kier molecular flexibility index (Phi) is 9.28. The Bertz CT molecular complexity index is 1930. The van der Waals surface area contributed by atoms with Gasteiger partial charge in [-0.1, -0.05) is 63.7 Å². The molecule has 0 saturated heterocycles. The number of aliphatic carboxylic acids is 1. The zero-order valence-electron chi connectivity index (χ0n) is 22.9. The minimum atomic E-state index is -1.09. The predicted octanol–water partition coefficient (Wildman–Crippen LogP) is 4.93. The van der Waals surface area contributed by atoms with Gasteiger partial charge >= 0.3 is 11.9 Å². The Morgan fingerprint density at radius 3 is 2.49 bits per heavy atom. The minimum absolute atomic E-state index is 0.137. The smallest absolute Gasteiger partial charge is 0.341 e. The van der Waals surface area contributed by atoms with E-state index in [4.69, 9.17) is 24.3 Å². The van der Waals surface area contributed by atoms with E-state index in [9.17, 15) is 14.4 Å². The number of carboxylic acid groups (broad SMARTS) is 1. The molecule has 43 heavy (non-hydrogen) atoms. The maximum atomic E-state index is 14.1. The van der Waals surface area contributed by atoms with Gasteiger partial charge in [-0.25, -0.2) is 14.6 Å². The van der Waals surface area contributed by atoms with Gasteiger partial charge in [-0.3, -0.25) is 9.36 Å². The molecule has 3 aromatic carbocycles. The van der Waals surface area contributed by atoms with Gasteiger partial charge in [0.15, 0.2) is 11.4 Å². The number of nitrogens with zero attached hydrogens (tertiary/aromatic N) is 2. The van der Waals surface area contributed by atoms with Crippen molar-refractivity contribution in [3.8, 4) is 11.5 Å². The summed E-state index contributed by atoms with van der Waals surface area (Å²) < 4.78 is 19.7. The first kappa shape index (κ1) is 30.5. The van der Waals surface area contributed by atoms with Crippen molar-refractivity contribution in [1.82, 2.24) is 4.57 Å². The molecule has 0 amide bonds. The van der Waals surface area contributed by atoms with Crippen LogP contribution in [0.25, 0.3) is 11.8 Å². The third-order valence-corrected chi connectivity index (χ3v) is 8.56. The second-order valence-electron chi connectivity index (χ2n) is 9.19. The number of methoxy groups -OCH3 is 1. The summed E-state index contributed by atoms with van der Waals surface area (Å²) in [4.78, 5) is 44.0. The first-order valence-electron chi connectivity index (χ1n) is 13.0. The molecule has 0 saturated carbocycles. The maximum Gasteiger partial charge on any atom is 0.341 e. The van der Waals surface area contributed by atoms with Crippen LogP contribution in [0.3, 0.4) is 0 Å². The van der Waals surface area contributed by atoms with Crippen LogP contribution in [-0.2, 0) is 14.3 Å². The molecule has 2 heterocycles. The number of carbonyl (C=O) groups is 2. The van der Waals surface area contributed by atoms with Crippen molar-refractivity contribution < 1.29 is 28.9 Å². The minimum Gasteiger partial charge on any atom is -0.496 e. The molecule has 220 valence electrons. The summed E-state index contributed by atoms with van der Waals surface area (Å²) in [7, 11) is 1.53. The molecule has 0 unspecified atom stereocenters. The van der Waals surface area contributed by atoms with Crippen molar-refractivity contribution >= 4 is 66.9 Å². The van der Waals surface area contributed by atoms with E-state index in [-0.39, 0.29) is 17.7 Å². The molecule has 12 heteroatoms. The van der Waals surface area contributed by atoms with Crippen LogP contribution in [0.2, 0.25) is 0 Å². The van der Waals surface area contributed by atoms with Crippen LogP contribution in [-0.4, -0.2) is 41.9 Å². The first-order chi connectivity index (χ1) is 20.7. The summed E-state index contributed by atoms with van der Waals surface area (Å²) in [5.41, 5.74) is 2.21. The molecule has 4 aromatic rings. The highest BCUT2D eigenvalue weighted by Crippen LogP contribution is 2.39. The summed E-state index contributed by atoms with van der Waals surface area (Å²) >= 11 is 8.13. The van der Waals surface area contributed by atoms with Crippen molar-refractivity contribution in [2.24, 2.45) is 4.99 Å². The number of fused-ring (bicyclic) bond motifs is 1. The van der Waals surface area contributed by atoms with Crippen molar-refractivity contribution in [2.75, 3.05) is 20.3 Å². The summed E-state index contributed by atoms with van der Waals surface area (Å²) in [5.74, 6) is -0.841. The average molecular weight is 728 g/mol. The van der Waals surface area contributed by atoms with E-state index in [1.54, 1.807) is 37.3 Å². The molecule has 5 rings (SSSR count).